The molecule has 2 aliphatic heterocycles. The minimum absolute atomic E-state index is 0.0461. The van der Waals surface area contributed by atoms with Crippen molar-refractivity contribution in [1.29, 1.82) is 0 Å². The summed E-state index contributed by atoms with van der Waals surface area (Å²) in [7, 11) is 0. The molecule has 51 heavy (non-hydrogen) atoms. The molecular formula is C41H38O10. The van der Waals surface area contributed by atoms with Gasteiger partial charge in [-0.25, -0.2) is 4.79 Å². The molecule has 262 valence electrons. The SMILES string of the molecule is O=C(O[C@@H]1O[C@@H]2COC(c3ccccc3)O[C@H]2[C@H](O)[C@H]1O)c1cc(OCc2ccccc2)c(OCc2ccccc2)c(OCc2ccccc2)c1. The van der Waals surface area contributed by atoms with E-state index in [-0.39, 0.29) is 43.5 Å². The zero-order valence-corrected chi connectivity index (χ0v) is 27.7. The number of carbonyl (C=O) groups excluding carboxylic acids is 1. The highest BCUT2D eigenvalue weighted by Gasteiger charge is 2.50. The number of fused-ring (bicyclic) bond motifs is 1. The predicted molar refractivity (Wildman–Crippen MR) is 185 cm³/mol. The Morgan fingerprint density at radius 1 is 0.627 bits per heavy atom. The van der Waals surface area contributed by atoms with Crippen molar-refractivity contribution in [3.8, 4) is 17.2 Å². The van der Waals surface area contributed by atoms with E-state index in [1.165, 1.54) is 12.1 Å². The highest BCUT2D eigenvalue weighted by atomic mass is 16.8. The van der Waals surface area contributed by atoms with Crippen molar-refractivity contribution in [3.05, 3.63) is 161 Å². The van der Waals surface area contributed by atoms with Crippen LogP contribution in [0.4, 0.5) is 0 Å². The topological polar surface area (TPSA) is 122 Å². The zero-order chi connectivity index (χ0) is 35.0. The summed E-state index contributed by atoms with van der Waals surface area (Å²) >= 11 is 0. The molecular weight excluding hydrogens is 652 g/mol. The molecule has 2 heterocycles. The van der Waals surface area contributed by atoms with Crippen LogP contribution in [0.25, 0.3) is 0 Å². The summed E-state index contributed by atoms with van der Waals surface area (Å²) < 4.78 is 42.3. The summed E-state index contributed by atoms with van der Waals surface area (Å²) in [6.45, 7) is 0.627. The van der Waals surface area contributed by atoms with Gasteiger partial charge in [0.05, 0.1) is 12.2 Å². The predicted octanol–water partition coefficient (Wildman–Crippen LogP) is 6.14. The molecule has 0 saturated carbocycles. The molecule has 0 bridgehead atoms. The Morgan fingerprint density at radius 2 is 1.12 bits per heavy atom. The third-order valence-electron chi connectivity index (χ3n) is 8.59. The van der Waals surface area contributed by atoms with Crippen molar-refractivity contribution in [3.63, 3.8) is 0 Å². The first-order valence-corrected chi connectivity index (χ1v) is 16.7. The van der Waals surface area contributed by atoms with Gasteiger partial charge in [-0.1, -0.05) is 121 Å². The van der Waals surface area contributed by atoms with E-state index in [1.54, 1.807) is 0 Å². The van der Waals surface area contributed by atoms with Crippen molar-refractivity contribution in [2.24, 2.45) is 0 Å². The van der Waals surface area contributed by atoms with Gasteiger partial charge in [-0.3, -0.25) is 0 Å². The maximum Gasteiger partial charge on any atom is 0.340 e. The van der Waals surface area contributed by atoms with Crippen LogP contribution in [-0.4, -0.2) is 53.5 Å². The molecule has 0 amide bonds. The summed E-state index contributed by atoms with van der Waals surface area (Å²) in [5.74, 6) is -0.0377. The molecule has 10 nitrogen and oxygen atoms in total. The molecule has 0 spiro atoms. The summed E-state index contributed by atoms with van der Waals surface area (Å²) in [6, 6.07) is 41.1. The first-order chi connectivity index (χ1) is 25.0. The van der Waals surface area contributed by atoms with Gasteiger partial charge in [0.15, 0.2) is 17.8 Å². The molecule has 0 aliphatic carbocycles. The normalized spacial score (nSPS) is 22.7. The van der Waals surface area contributed by atoms with Crippen molar-refractivity contribution in [2.45, 2.75) is 56.8 Å². The van der Waals surface area contributed by atoms with Crippen molar-refractivity contribution in [2.75, 3.05) is 6.61 Å². The van der Waals surface area contributed by atoms with Crippen LogP contribution >= 0.6 is 0 Å². The lowest BCUT2D eigenvalue weighted by atomic mass is 9.98. The van der Waals surface area contributed by atoms with E-state index in [2.05, 4.69) is 0 Å². The van der Waals surface area contributed by atoms with E-state index in [0.29, 0.717) is 5.75 Å². The van der Waals surface area contributed by atoms with Crippen LogP contribution in [0.15, 0.2) is 133 Å². The van der Waals surface area contributed by atoms with Gasteiger partial charge in [0.1, 0.15) is 44.2 Å². The van der Waals surface area contributed by atoms with Crippen LogP contribution in [-0.2, 0) is 38.8 Å². The molecule has 6 atom stereocenters. The van der Waals surface area contributed by atoms with Gasteiger partial charge in [-0.05, 0) is 28.8 Å². The maximum absolute atomic E-state index is 13.8. The Kier molecular flexibility index (Phi) is 10.9. The highest BCUT2D eigenvalue weighted by molar-refractivity contribution is 5.91. The second-order valence-corrected chi connectivity index (χ2v) is 12.2. The van der Waals surface area contributed by atoms with Crippen molar-refractivity contribution >= 4 is 5.97 Å². The maximum atomic E-state index is 13.8. The van der Waals surface area contributed by atoms with Gasteiger partial charge < -0.3 is 43.4 Å². The molecule has 5 aromatic carbocycles. The van der Waals surface area contributed by atoms with Gasteiger partial charge in [0, 0.05) is 5.56 Å². The monoisotopic (exact) mass is 690 g/mol. The first kappa shape index (κ1) is 34.2. The molecule has 10 heteroatoms. The van der Waals surface area contributed by atoms with Gasteiger partial charge in [0.2, 0.25) is 12.0 Å². The molecule has 5 aromatic rings. The zero-order valence-electron chi connectivity index (χ0n) is 27.7. The fourth-order valence-electron chi connectivity index (χ4n) is 5.88. The number of aliphatic hydroxyl groups excluding tert-OH is 2. The smallest absolute Gasteiger partial charge is 0.340 e. The van der Waals surface area contributed by atoms with E-state index in [4.69, 9.17) is 33.2 Å². The minimum Gasteiger partial charge on any atom is -0.485 e. The molecule has 2 N–H and O–H groups in total. The lowest BCUT2D eigenvalue weighted by molar-refractivity contribution is -0.353. The second-order valence-electron chi connectivity index (χ2n) is 12.2. The third kappa shape index (κ3) is 8.39. The molecule has 2 aliphatic rings. The average molecular weight is 691 g/mol. The molecule has 0 aromatic heterocycles. The number of aliphatic hydroxyl groups is 2. The number of hydrogen-bond acceptors (Lipinski definition) is 10. The van der Waals surface area contributed by atoms with Crippen LogP contribution in [0.2, 0.25) is 0 Å². The van der Waals surface area contributed by atoms with E-state index >= 15 is 0 Å². The van der Waals surface area contributed by atoms with Gasteiger partial charge in [-0.15, -0.1) is 0 Å². The van der Waals surface area contributed by atoms with Gasteiger partial charge >= 0.3 is 5.97 Å². The third-order valence-corrected chi connectivity index (χ3v) is 8.59. The molecule has 0 radical (unpaired) electrons. The van der Waals surface area contributed by atoms with Crippen LogP contribution < -0.4 is 14.2 Å². The van der Waals surface area contributed by atoms with E-state index in [1.807, 2.05) is 121 Å². The largest absolute Gasteiger partial charge is 0.485 e. The fourth-order valence-corrected chi connectivity index (χ4v) is 5.88. The standard InChI is InChI=1S/C41H38O10/c42-35-36(43)41(49-34-26-48-40(50-38(34)35)30-19-11-4-12-20-30)51-39(44)31-21-32(45-23-27-13-5-1-6-14-27)37(47-25-29-17-9-3-10-18-29)33(22-31)46-24-28-15-7-2-8-16-28/h1-22,34-36,38,40-43H,23-26H2/t34-,35-,36-,38-,40?,41+/m1/s1. The Bertz CT molecular complexity index is 1790. The van der Waals surface area contributed by atoms with Crippen molar-refractivity contribution < 1.29 is 48.2 Å². The number of carbonyl (C=O) groups is 1. The Balaban J connectivity index is 1.14. The first-order valence-electron chi connectivity index (χ1n) is 16.7. The summed E-state index contributed by atoms with van der Waals surface area (Å²) in [6.07, 6.45) is -6.98. The number of benzene rings is 5. The fraction of sp³-hybridized carbons (Fsp3) is 0.244. The van der Waals surface area contributed by atoms with Crippen molar-refractivity contribution in [1.82, 2.24) is 0 Å². The second kappa shape index (κ2) is 16.2. The van der Waals surface area contributed by atoms with Crippen LogP contribution in [0.3, 0.4) is 0 Å². The molecule has 1 unspecified atom stereocenters. The summed E-state index contributed by atoms with van der Waals surface area (Å²) in [5, 5.41) is 22.1. The molecule has 2 fully saturated rings. The summed E-state index contributed by atoms with van der Waals surface area (Å²) in [4.78, 5) is 13.8. The van der Waals surface area contributed by atoms with Gasteiger partial charge in [-0.2, -0.15) is 0 Å². The van der Waals surface area contributed by atoms with Crippen LogP contribution in [0.1, 0.15) is 38.9 Å². The number of ether oxygens (including phenoxy) is 7. The highest BCUT2D eigenvalue weighted by Crippen LogP contribution is 2.41. The Hall–Kier alpha value is -5.23. The average Bonchev–Trinajstić information content (AvgIpc) is 3.19. The van der Waals surface area contributed by atoms with Crippen LogP contribution in [0, 0.1) is 0 Å². The Morgan fingerprint density at radius 3 is 1.65 bits per heavy atom. The summed E-state index contributed by atoms with van der Waals surface area (Å²) in [5.41, 5.74) is 3.55. The van der Waals surface area contributed by atoms with Crippen LogP contribution in [0.5, 0.6) is 17.2 Å². The lowest BCUT2D eigenvalue weighted by Crippen LogP contribution is -2.62. The van der Waals surface area contributed by atoms with E-state index < -0.39 is 43.0 Å². The number of esters is 1. The quantitative estimate of drug-likeness (QED) is 0.148. The molecule has 2 saturated heterocycles. The number of rotatable bonds is 12. The lowest BCUT2D eigenvalue weighted by Gasteiger charge is -2.45. The Labute approximate surface area is 295 Å². The van der Waals surface area contributed by atoms with E-state index in [0.717, 1.165) is 22.3 Å². The van der Waals surface area contributed by atoms with Gasteiger partial charge in [0.25, 0.3) is 0 Å². The minimum atomic E-state index is -1.60. The van der Waals surface area contributed by atoms with E-state index in [9.17, 15) is 15.0 Å². The number of hydrogen-bond donors (Lipinski definition) is 2. The molecule has 7 rings (SSSR count).